The molecule has 236 valence electrons. The van der Waals surface area contributed by atoms with E-state index in [0.717, 1.165) is 28.3 Å². The maximum atomic E-state index is 14.5. The SMILES string of the molecule is CCCCNC(=O)C(Cc1ccccc1)N(Cc1cccc(Cl)c1)C(=O)CN(c1ccc(Cl)cc1)S(=O)(=O)c1ccc(C)cc1. The Morgan fingerprint density at radius 1 is 0.822 bits per heavy atom. The van der Waals surface area contributed by atoms with Crippen molar-refractivity contribution in [1.29, 1.82) is 0 Å². The summed E-state index contributed by atoms with van der Waals surface area (Å²) in [6.07, 6.45) is 1.91. The maximum Gasteiger partial charge on any atom is 0.264 e. The van der Waals surface area contributed by atoms with Crippen molar-refractivity contribution in [2.45, 2.75) is 50.6 Å². The van der Waals surface area contributed by atoms with Crippen molar-refractivity contribution in [3.05, 3.63) is 130 Å². The number of carbonyl (C=O) groups is 2. The molecule has 10 heteroatoms. The molecule has 0 aromatic heterocycles. The molecule has 7 nitrogen and oxygen atoms in total. The zero-order valence-electron chi connectivity index (χ0n) is 25.3. The van der Waals surface area contributed by atoms with E-state index in [2.05, 4.69) is 5.32 Å². The Balaban J connectivity index is 1.78. The number of aryl methyl sites for hydroxylation is 1. The molecule has 2 amide bonds. The molecule has 1 unspecified atom stereocenters. The molecule has 0 saturated carbocycles. The molecule has 0 fully saturated rings. The topological polar surface area (TPSA) is 86.8 Å². The molecule has 0 spiro atoms. The minimum Gasteiger partial charge on any atom is -0.354 e. The van der Waals surface area contributed by atoms with Crippen molar-refractivity contribution in [3.8, 4) is 0 Å². The van der Waals surface area contributed by atoms with Crippen LogP contribution in [0.5, 0.6) is 0 Å². The van der Waals surface area contributed by atoms with E-state index in [9.17, 15) is 18.0 Å². The lowest BCUT2D eigenvalue weighted by Gasteiger charge is -2.34. The number of rotatable bonds is 14. The highest BCUT2D eigenvalue weighted by Crippen LogP contribution is 2.27. The second-order valence-electron chi connectivity index (χ2n) is 10.8. The fourth-order valence-electron chi connectivity index (χ4n) is 4.87. The van der Waals surface area contributed by atoms with Gasteiger partial charge in [-0.25, -0.2) is 8.42 Å². The predicted molar refractivity (Wildman–Crippen MR) is 181 cm³/mol. The molecular formula is C35H37Cl2N3O4S. The van der Waals surface area contributed by atoms with Crippen LogP contribution < -0.4 is 9.62 Å². The van der Waals surface area contributed by atoms with Crippen LogP contribution in [0.1, 0.15) is 36.5 Å². The first-order valence-electron chi connectivity index (χ1n) is 14.8. The number of benzene rings is 4. The molecule has 0 aliphatic carbocycles. The molecule has 0 saturated heterocycles. The van der Waals surface area contributed by atoms with Crippen LogP contribution in [0.3, 0.4) is 0 Å². The van der Waals surface area contributed by atoms with Gasteiger partial charge in [0.2, 0.25) is 11.8 Å². The normalized spacial score (nSPS) is 11.9. The van der Waals surface area contributed by atoms with Gasteiger partial charge in [0.25, 0.3) is 10.0 Å². The van der Waals surface area contributed by atoms with Crippen LogP contribution in [0.15, 0.2) is 108 Å². The lowest BCUT2D eigenvalue weighted by Crippen LogP contribution is -2.53. The van der Waals surface area contributed by atoms with E-state index in [1.54, 1.807) is 54.6 Å². The summed E-state index contributed by atoms with van der Waals surface area (Å²) in [5.41, 5.74) is 2.73. The third kappa shape index (κ3) is 9.33. The van der Waals surface area contributed by atoms with Gasteiger partial charge in [-0.2, -0.15) is 0 Å². The van der Waals surface area contributed by atoms with Crippen LogP contribution >= 0.6 is 23.2 Å². The average Bonchev–Trinajstić information content (AvgIpc) is 3.02. The van der Waals surface area contributed by atoms with Crippen molar-refractivity contribution in [2.24, 2.45) is 0 Å². The van der Waals surface area contributed by atoms with Gasteiger partial charge in [0, 0.05) is 29.6 Å². The highest BCUT2D eigenvalue weighted by atomic mass is 35.5. The summed E-state index contributed by atoms with van der Waals surface area (Å²) < 4.78 is 29.2. The molecule has 0 aliphatic heterocycles. The third-order valence-electron chi connectivity index (χ3n) is 7.35. The molecule has 0 bridgehead atoms. The molecular weight excluding hydrogens is 629 g/mol. The summed E-state index contributed by atoms with van der Waals surface area (Å²) >= 11 is 12.4. The first-order chi connectivity index (χ1) is 21.6. The van der Waals surface area contributed by atoms with Gasteiger partial charge in [0.05, 0.1) is 10.6 Å². The number of sulfonamides is 1. The lowest BCUT2D eigenvalue weighted by molar-refractivity contribution is -0.140. The second-order valence-corrected chi connectivity index (χ2v) is 13.5. The summed E-state index contributed by atoms with van der Waals surface area (Å²) in [7, 11) is -4.19. The van der Waals surface area contributed by atoms with Gasteiger partial charge < -0.3 is 10.2 Å². The highest BCUT2D eigenvalue weighted by molar-refractivity contribution is 7.92. The van der Waals surface area contributed by atoms with Crippen molar-refractivity contribution >= 4 is 50.7 Å². The fourth-order valence-corrected chi connectivity index (χ4v) is 6.62. The minimum atomic E-state index is -4.19. The summed E-state index contributed by atoms with van der Waals surface area (Å²) in [4.78, 5) is 29.7. The summed E-state index contributed by atoms with van der Waals surface area (Å²) in [6, 6.07) is 28.3. The first kappa shape index (κ1) is 34.0. The van der Waals surface area contributed by atoms with Crippen molar-refractivity contribution in [1.82, 2.24) is 10.2 Å². The Bertz CT molecular complexity index is 1680. The van der Waals surface area contributed by atoms with E-state index in [4.69, 9.17) is 23.2 Å². The van der Waals surface area contributed by atoms with Crippen molar-refractivity contribution in [2.75, 3.05) is 17.4 Å². The van der Waals surface area contributed by atoms with Gasteiger partial charge in [0.1, 0.15) is 12.6 Å². The number of hydrogen-bond donors (Lipinski definition) is 1. The van der Waals surface area contributed by atoms with E-state index in [-0.39, 0.29) is 29.5 Å². The summed E-state index contributed by atoms with van der Waals surface area (Å²) in [5.74, 6) is -0.866. The molecule has 4 aromatic carbocycles. The number of nitrogens with one attached hydrogen (secondary N) is 1. The summed E-state index contributed by atoms with van der Waals surface area (Å²) in [6.45, 7) is 3.84. The summed E-state index contributed by atoms with van der Waals surface area (Å²) in [5, 5.41) is 3.89. The average molecular weight is 667 g/mol. The number of amides is 2. The highest BCUT2D eigenvalue weighted by Gasteiger charge is 2.34. The third-order valence-corrected chi connectivity index (χ3v) is 9.62. The Morgan fingerprint density at radius 3 is 2.13 bits per heavy atom. The number of halogens is 2. The first-order valence-corrected chi connectivity index (χ1v) is 17.0. The van der Waals surface area contributed by atoms with Gasteiger partial charge in [-0.3, -0.25) is 13.9 Å². The molecule has 1 atom stereocenters. The molecule has 1 N–H and O–H groups in total. The van der Waals surface area contributed by atoms with Crippen LogP contribution in [0, 0.1) is 6.92 Å². The molecule has 45 heavy (non-hydrogen) atoms. The number of anilines is 1. The fraction of sp³-hybridized carbons (Fsp3) is 0.257. The van der Waals surface area contributed by atoms with Crippen LogP contribution in [-0.4, -0.2) is 44.3 Å². The van der Waals surface area contributed by atoms with Gasteiger partial charge in [0.15, 0.2) is 0 Å². The maximum absolute atomic E-state index is 14.5. The molecule has 0 radical (unpaired) electrons. The van der Waals surface area contributed by atoms with Gasteiger partial charge in [-0.05, 0) is 73.0 Å². The van der Waals surface area contributed by atoms with Crippen LogP contribution in [0.4, 0.5) is 5.69 Å². The minimum absolute atomic E-state index is 0.0374. The predicted octanol–water partition coefficient (Wildman–Crippen LogP) is 7.05. The molecule has 0 aliphatic rings. The zero-order valence-corrected chi connectivity index (χ0v) is 27.7. The Morgan fingerprint density at radius 2 is 1.49 bits per heavy atom. The lowest BCUT2D eigenvalue weighted by atomic mass is 10.0. The smallest absolute Gasteiger partial charge is 0.264 e. The van der Waals surface area contributed by atoms with Crippen molar-refractivity contribution in [3.63, 3.8) is 0 Å². The second kappa shape index (κ2) is 15.9. The number of carbonyl (C=O) groups excluding carboxylic acids is 2. The van der Waals surface area contributed by atoms with Crippen LogP contribution in [0.25, 0.3) is 0 Å². The number of hydrogen-bond acceptors (Lipinski definition) is 4. The van der Waals surface area contributed by atoms with E-state index in [1.165, 1.54) is 17.0 Å². The monoisotopic (exact) mass is 665 g/mol. The van der Waals surface area contributed by atoms with Crippen molar-refractivity contribution < 1.29 is 18.0 Å². The van der Waals surface area contributed by atoms with Gasteiger partial charge in [-0.1, -0.05) is 96.7 Å². The zero-order chi connectivity index (χ0) is 32.4. The molecule has 4 rings (SSSR count). The Hall–Kier alpha value is -3.85. The molecule has 0 heterocycles. The van der Waals surface area contributed by atoms with E-state index >= 15 is 0 Å². The number of unbranched alkanes of at least 4 members (excludes halogenated alkanes) is 1. The van der Waals surface area contributed by atoms with E-state index < -0.39 is 28.5 Å². The van der Waals surface area contributed by atoms with Crippen LogP contribution in [0.2, 0.25) is 10.0 Å². The largest absolute Gasteiger partial charge is 0.354 e. The van der Waals surface area contributed by atoms with Gasteiger partial charge in [-0.15, -0.1) is 0 Å². The van der Waals surface area contributed by atoms with E-state index in [1.807, 2.05) is 50.2 Å². The standard InChI is InChI=1S/C35H37Cl2N3O4S/c1-3-4-21-38-35(42)33(23-27-9-6-5-7-10-27)39(24-28-11-8-12-30(37)22-28)34(41)25-40(31-17-15-29(36)16-18-31)45(43,44)32-19-13-26(2)14-20-32/h5-20,22,33H,3-4,21,23-25H2,1-2H3,(H,38,42). The number of nitrogens with zero attached hydrogens (tertiary/aromatic N) is 2. The molecule has 4 aromatic rings. The van der Waals surface area contributed by atoms with Gasteiger partial charge >= 0.3 is 0 Å². The van der Waals surface area contributed by atoms with Crippen LogP contribution in [-0.2, 0) is 32.6 Å². The van der Waals surface area contributed by atoms with E-state index in [0.29, 0.717) is 22.2 Å². The quantitative estimate of drug-likeness (QED) is 0.146. The Labute approximate surface area is 275 Å². The Kier molecular flexibility index (Phi) is 12.0.